The van der Waals surface area contributed by atoms with Gasteiger partial charge in [-0.2, -0.15) is 0 Å². The molecular weight excluding hydrogens is 357 g/mol. The number of nitrogens with zero attached hydrogens (tertiary/aromatic N) is 1. The maximum absolute atomic E-state index is 14.2. The molecule has 8 heteroatoms. The Labute approximate surface area is 160 Å². The van der Waals surface area contributed by atoms with E-state index >= 15 is 0 Å². The molecule has 3 rings (SSSR count). The van der Waals surface area contributed by atoms with E-state index in [9.17, 15) is 9.18 Å². The molecule has 0 aromatic heterocycles. The van der Waals surface area contributed by atoms with Gasteiger partial charge in [-0.15, -0.1) is 12.4 Å². The van der Waals surface area contributed by atoms with Crippen LogP contribution in [-0.4, -0.2) is 48.3 Å². The van der Waals surface area contributed by atoms with Gasteiger partial charge in [0.15, 0.2) is 0 Å². The highest BCUT2D eigenvalue weighted by Gasteiger charge is 2.51. The lowest BCUT2D eigenvalue weighted by atomic mass is 9.78. The molecule has 0 spiro atoms. The van der Waals surface area contributed by atoms with Crippen LogP contribution in [0.5, 0.6) is 0 Å². The van der Waals surface area contributed by atoms with Crippen LogP contribution in [0.25, 0.3) is 0 Å². The van der Waals surface area contributed by atoms with Crippen LogP contribution in [0.2, 0.25) is 0 Å². The molecule has 2 heterocycles. The zero-order chi connectivity index (χ0) is 18.4. The summed E-state index contributed by atoms with van der Waals surface area (Å²) in [5.41, 5.74) is 5.70. The summed E-state index contributed by atoms with van der Waals surface area (Å²) >= 11 is 0. The second-order valence-corrected chi connectivity index (χ2v) is 7.99. The highest BCUT2D eigenvalue weighted by molar-refractivity contribution is 6.62. The molecule has 0 saturated carbocycles. The molecule has 2 aliphatic heterocycles. The normalized spacial score (nSPS) is 22.2. The molecule has 1 aromatic rings. The summed E-state index contributed by atoms with van der Waals surface area (Å²) < 4.78 is 26.1. The molecule has 0 atom stereocenters. The van der Waals surface area contributed by atoms with Gasteiger partial charge in [0.1, 0.15) is 5.82 Å². The van der Waals surface area contributed by atoms with Crippen molar-refractivity contribution in [3.63, 3.8) is 0 Å². The number of halogens is 2. The zero-order valence-electron chi connectivity index (χ0n) is 15.8. The highest BCUT2D eigenvalue weighted by atomic mass is 35.5. The number of likely N-dealkylation sites (tertiary alicyclic amines) is 1. The minimum absolute atomic E-state index is 0. The van der Waals surface area contributed by atoms with Crippen LogP contribution in [0.15, 0.2) is 18.2 Å². The van der Waals surface area contributed by atoms with Crippen molar-refractivity contribution in [1.29, 1.82) is 0 Å². The largest absolute Gasteiger partial charge is 0.494 e. The number of nitrogens with two attached hydrogens (primary N) is 1. The molecule has 144 valence electrons. The average Bonchev–Trinajstić information content (AvgIpc) is 2.75. The van der Waals surface area contributed by atoms with Gasteiger partial charge in [0.25, 0.3) is 5.91 Å². The lowest BCUT2D eigenvalue weighted by Gasteiger charge is -2.32. The van der Waals surface area contributed by atoms with Crippen LogP contribution >= 0.6 is 12.4 Å². The van der Waals surface area contributed by atoms with Gasteiger partial charge in [0.2, 0.25) is 0 Å². The molecule has 1 amide bonds. The van der Waals surface area contributed by atoms with E-state index < -0.39 is 24.1 Å². The van der Waals surface area contributed by atoms with E-state index in [-0.39, 0.29) is 24.4 Å². The van der Waals surface area contributed by atoms with Crippen molar-refractivity contribution < 1.29 is 18.5 Å². The number of carbonyl (C=O) groups excluding carboxylic acids is 1. The maximum atomic E-state index is 14.2. The Morgan fingerprint density at radius 2 is 1.69 bits per heavy atom. The van der Waals surface area contributed by atoms with Gasteiger partial charge in [-0.1, -0.05) is 0 Å². The third-order valence-electron chi connectivity index (χ3n) is 5.52. The Morgan fingerprint density at radius 1 is 1.15 bits per heavy atom. The topological polar surface area (TPSA) is 64.8 Å². The third kappa shape index (κ3) is 4.06. The molecule has 2 aliphatic rings. The van der Waals surface area contributed by atoms with E-state index in [1.807, 2.05) is 27.7 Å². The lowest BCUT2D eigenvalue weighted by Crippen LogP contribution is -2.43. The predicted octanol–water partition coefficient (Wildman–Crippen LogP) is 2.11. The van der Waals surface area contributed by atoms with Crippen molar-refractivity contribution in [2.45, 2.75) is 57.8 Å². The van der Waals surface area contributed by atoms with Gasteiger partial charge >= 0.3 is 7.12 Å². The molecule has 2 fully saturated rings. The molecule has 1 aromatic carbocycles. The van der Waals surface area contributed by atoms with Crippen molar-refractivity contribution in [1.82, 2.24) is 4.90 Å². The Balaban J connectivity index is 0.00000243. The summed E-state index contributed by atoms with van der Waals surface area (Å²) in [6.45, 7) is 8.96. The van der Waals surface area contributed by atoms with Crippen LogP contribution in [0.4, 0.5) is 4.39 Å². The van der Waals surface area contributed by atoms with Crippen LogP contribution < -0.4 is 11.2 Å². The number of rotatable bonds is 2. The minimum Gasteiger partial charge on any atom is -0.399 e. The first-order valence-electron chi connectivity index (χ1n) is 8.80. The highest BCUT2D eigenvalue weighted by Crippen LogP contribution is 2.36. The van der Waals surface area contributed by atoms with Crippen molar-refractivity contribution in [3.05, 3.63) is 29.6 Å². The molecule has 0 unspecified atom stereocenters. The lowest BCUT2D eigenvalue weighted by molar-refractivity contribution is 0.00578. The van der Waals surface area contributed by atoms with Gasteiger partial charge in [-0.05, 0) is 64.2 Å². The fourth-order valence-electron chi connectivity index (χ4n) is 3.14. The van der Waals surface area contributed by atoms with Crippen LogP contribution in [0.3, 0.4) is 0 Å². The molecule has 2 N–H and O–H groups in total. The van der Waals surface area contributed by atoms with Crippen molar-refractivity contribution in [2.75, 3.05) is 13.1 Å². The molecule has 0 aliphatic carbocycles. The van der Waals surface area contributed by atoms with Crippen LogP contribution in [0, 0.1) is 5.82 Å². The van der Waals surface area contributed by atoms with E-state index in [0.29, 0.717) is 24.1 Å². The Hall–Kier alpha value is -1.15. The van der Waals surface area contributed by atoms with Gasteiger partial charge in [0, 0.05) is 24.7 Å². The molecular formula is C18H27BClFN2O3. The molecule has 0 radical (unpaired) electrons. The fraction of sp³-hybridized carbons (Fsp3) is 0.611. The van der Waals surface area contributed by atoms with Gasteiger partial charge < -0.3 is 19.9 Å². The summed E-state index contributed by atoms with van der Waals surface area (Å²) in [5.74, 6) is -0.645. The molecule has 5 nitrogen and oxygen atoms in total. The zero-order valence-corrected chi connectivity index (χ0v) is 16.6. The fourth-order valence-corrected chi connectivity index (χ4v) is 3.14. The first kappa shape index (κ1) is 21.2. The van der Waals surface area contributed by atoms with Gasteiger partial charge in [-0.3, -0.25) is 4.79 Å². The summed E-state index contributed by atoms with van der Waals surface area (Å²) in [5, 5.41) is 0. The number of hydrogen-bond acceptors (Lipinski definition) is 4. The van der Waals surface area contributed by atoms with E-state index in [1.165, 1.54) is 12.1 Å². The van der Waals surface area contributed by atoms with Crippen LogP contribution in [-0.2, 0) is 9.31 Å². The summed E-state index contributed by atoms with van der Waals surface area (Å²) in [6.07, 6.45) is 1.54. The minimum atomic E-state index is -0.693. The molecule has 2 saturated heterocycles. The predicted molar refractivity (Wildman–Crippen MR) is 102 cm³/mol. The standard InChI is InChI=1S/C18H26BFN2O3.ClH/c1-17(2)18(3,4)25-19(24-17)13-9-12(10-14(20)11-13)16(23)22-7-5-15(21)6-8-22;/h9-11,15H,5-8,21H2,1-4H3;1H. The van der Waals surface area contributed by atoms with Crippen molar-refractivity contribution in [3.8, 4) is 0 Å². The second kappa shape index (κ2) is 7.47. The average molecular weight is 385 g/mol. The third-order valence-corrected chi connectivity index (χ3v) is 5.52. The Morgan fingerprint density at radius 3 is 2.23 bits per heavy atom. The van der Waals surface area contributed by atoms with Crippen molar-refractivity contribution in [2.24, 2.45) is 5.73 Å². The van der Waals surface area contributed by atoms with E-state index in [0.717, 1.165) is 12.8 Å². The number of hydrogen-bond donors (Lipinski definition) is 1. The van der Waals surface area contributed by atoms with E-state index in [4.69, 9.17) is 15.0 Å². The first-order chi connectivity index (χ1) is 11.6. The number of carbonyl (C=O) groups is 1. The summed E-state index contributed by atoms with van der Waals surface area (Å²) in [7, 11) is -0.693. The summed E-state index contributed by atoms with van der Waals surface area (Å²) in [6, 6.07) is 4.44. The molecule has 26 heavy (non-hydrogen) atoms. The monoisotopic (exact) mass is 384 g/mol. The van der Waals surface area contributed by atoms with Crippen LogP contribution in [0.1, 0.15) is 50.9 Å². The Kier molecular flexibility index (Phi) is 6.08. The summed E-state index contributed by atoms with van der Waals surface area (Å²) in [4.78, 5) is 14.4. The Bertz CT molecular complexity index is 662. The smallest absolute Gasteiger partial charge is 0.399 e. The van der Waals surface area contributed by atoms with Gasteiger partial charge in [0.05, 0.1) is 11.2 Å². The SMILES string of the molecule is CC1(C)OB(c2cc(F)cc(C(=O)N3CCC(N)CC3)c2)OC1(C)C.Cl. The number of amides is 1. The maximum Gasteiger partial charge on any atom is 0.494 e. The second-order valence-electron chi connectivity index (χ2n) is 7.99. The first-order valence-corrected chi connectivity index (χ1v) is 8.80. The van der Waals surface area contributed by atoms with Crippen molar-refractivity contribution >= 4 is 30.9 Å². The molecule has 0 bridgehead atoms. The quantitative estimate of drug-likeness (QED) is 0.793. The number of piperidine rings is 1. The van der Waals surface area contributed by atoms with Gasteiger partial charge in [-0.25, -0.2) is 4.39 Å². The number of benzene rings is 1. The van der Waals surface area contributed by atoms with E-state index in [2.05, 4.69) is 0 Å². The van der Waals surface area contributed by atoms with E-state index in [1.54, 1.807) is 11.0 Å².